The van der Waals surface area contributed by atoms with E-state index in [2.05, 4.69) is 10.4 Å². The second-order valence-corrected chi connectivity index (χ2v) is 8.01. The summed E-state index contributed by atoms with van der Waals surface area (Å²) in [5.74, 6) is -1.23. The van der Waals surface area contributed by atoms with Crippen LogP contribution in [-0.2, 0) is 23.9 Å². The molecule has 10 heteroatoms. The molecular formula is C22H29N5O5. The zero-order chi connectivity index (χ0) is 23.3. The molecule has 1 aromatic rings. The highest BCUT2D eigenvalue weighted by Crippen LogP contribution is 2.19. The van der Waals surface area contributed by atoms with E-state index in [1.54, 1.807) is 4.90 Å². The number of para-hydroxylation sites is 1. The quantitative estimate of drug-likeness (QED) is 0.643. The van der Waals surface area contributed by atoms with E-state index in [4.69, 9.17) is 4.74 Å². The number of amides is 3. The van der Waals surface area contributed by atoms with Crippen molar-refractivity contribution in [2.75, 3.05) is 51.7 Å². The highest BCUT2D eigenvalue weighted by Gasteiger charge is 2.26. The number of carbonyl (C=O) groups is 4. The first-order valence-corrected chi connectivity index (χ1v) is 10.6. The summed E-state index contributed by atoms with van der Waals surface area (Å²) in [4.78, 5) is 52.0. The van der Waals surface area contributed by atoms with Gasteiger partial charge in [-0.3, -0.25) is 19.3 Å². The van der Waals surface area contributed by atoms with E-state index in [0.717, 1.165) is 21.8 Å². The standard InChI is InChI=1S/C22H29N5O5/c1-15-5-4-6-16(2)21(15)23-18(28)13-26-9-11-27(12-10-26)20(30)14-32-22(31)17-7-8-19(29)25(3)24-17/h4-6H,7-14H2,1-3H3,(H,23,28). The van der Waals surface area contributed by atoms with E-state index >= 15 is 0 Å². The van der Waals surface area contributed by atoms with Crippen LogP contribution in [-0.4, -0.2) is 90.6 Å². The Morgan fingerprint density at radius 1 is 1.06 bits per heavy atom. The first-order valence-electron chi connectivity index (χ1n) is 10.6. The van der Waals surface area contributed by atoms with Crippen LogP contribution in [0, 0.1) is 13.8 Å². The second kappa shape index (κ2) is 10.4. The zero-order valence-electron chi connectivity index (χ0n) is 18.7. The van der Waals surface area contributed by atoms with Crippen molar-refractivity contribution in [2.24, 2.45) is 5.10 Å². The van der Waals surface area contributed by atoms with Gasteiger partial charge in [-0.25, -0.2) is 9.80 Å². The predicted molar refractivity (Wildman–Crippen MR) is 118 cm³/mol. The molecule has 1 fully saturated rings. The molecule has 2 aliphatic rings. The number of hydrazone groups is 1. The molecule has 10 nitrogen and oxygen atoms in total. The molecule has 1 saturated heterocycles. The summed E-state index contributed by atoms with van der Waals surface area (Å²) in [6, 6.07) is 5.87. The molecule has 2 aliphatic heterocycles. The van der Waals surface area contributed by atoms with Gasteiger partial charge in [0.1, 0.15) is 5.71 Å². The Kier molecular flexibility index (Phi) is 7.57. The van der Waals surface area contributed by atoms with Gasteiger partial charge in [-0.2, -0.15) is 5.10 Å². The van der Waals surface area contributed by atoms with Gasteiger partial charge in [0.05, 0.1) is 6.54 Å². The van der Waals surface area contributed by atoms with E-state index in [1.807, 2.05) is 36.9 Å². The molecule has 0 radical (unpaired) electrons. The minimum atomic E-state index is -0.681. The maximum atomic E-state index is 12.4. The molecule has 0 aliphatic carbocycles. The van der Waals surface area contributed by atoms with Crippen LogP contribution in [0.1, 0.15) is 24.0 Å². The third-order valence-electron chi connectivity index (χ3n) is 5.61. The molecule has 3 rings (SSSR count). The number of ether oxygens (including phenoxy) is 1. The van der Waals surface area contributed by atoms with Gasteiger partial charge in [0, 0.05) is 51.8 Å². The molecule has 0 unspecified atom stereocenters. The van der Waals surface area contributed by atoms with Crippen LogP contribution >= 0.6 is 0 Å². The number of hydrogen-bond acceptors (Lipinski definition) is 7. The summed E-state index contributed by atoms with van der Waals surface area (Å²) in [7, 11) is 1.47. The van der Waals surface area contributed by atoms with Crippen molar-refractivity contribution in [3.63, 3.8) is 0 Å². The number of rotatable bonds is 6. The lowest BCUT2D eigenvalue weighted by Gasteiger charge is -2.34. The third kappa shape index (κ3) is 5.91. The number of carbonyl (C=O) groups excluding carboxylic acids is 4. The first kappa shape index (κ1) is 23.4. The van der Waals surface area contributed by atoms with Crippen molar-refractivity contribution in [1.82, 2.24) is 14.8 Å². The number of hydrogen-bond donors (Lipinski definition) is 1. The van der Waals surface area contributed by atoms with Crippen LogP contribution < -0.4 is 5.32 Å². The fraction of sp³-hybridized carbons (Fsp3) is 0.500. The fourth-order valence-corrected chi connectivity index (χ4v) is 3.67. The Morgan fingerprint density at radius 3 is 2.34 bits per heavy atom. The molecule has 0 bridgehead atoms. The number of anilines is 1. The zero-order valence-corrected chi connectivity index (χ0v) is 18.7. The number of esters is 1. The Hall–Kier alpha value is -3.27. The minimum Gasteiger partial charge on any atom is -0.451 e. The second-order valence-electron chi connectivity index (χ2n) is 8.01. The monoisotopic (exact) mass is 443 g/mol. The SMILES string of the molecule is Cc1cccc(C)c1NC(=O)CN1CCN(C(=O)COC(=O)C2=NN(C)C(=O)CC2)CC1. The predicted octanol–water partition coefficient (Wildman–Crippen LogP) is 0.538. The summed E-state index contributed by atoms with van der Waals surface area (Å²) in [6.45, 7) is 5.80. The highest BCUT2D eigenvalue weighted by molar-refractivity contribution is 6.37. The molecule has 172 valence electrons. The summed E-state index contributed by atoms with van der Waals surface area (Å²) < 4.78 is 5.08. The van der Waals surface area contributed by atoms with Crippen molar-refractivity contribution >= 4 is 35.1 Å². The van der Waals surface area contributed by atoms with E-state index in [0.29, 0.717) is 26.2 Å². The van der Waals surface area contributed by atoms with Crippen LogP contribution in [0.25, 0.3) is 0 Å². The molecule has 2 heterocycles. The van der Waals surface area contributed by atoms with Gasteiger partial charge in [-0.05, 0) is 25.0 Å². The van der Waals surface area contributed by atoms with Gasteiger partial charge in [0.15, 0.2) is 6.61 Å². The van der Waals surface area contributed by atoms with Gasteiger partial charge in [-0.1, -0.05) is 18.2 Å². The maximum absolute atomic E-state index is 12.4. The van der Waals surface area contributed by atoms with Crippen LogP contribution in [0.3, 0.4) is 0 Å². The third-order valence-corrected chi connectivity index (χ3v) is 5.61. The van der Waals surface area contributed by atoms with Crippen molar-refractivity contribution in [3.05, 3.63) is 29.3 Å². The van der Waals surface area contributed by atoms with Crippen molar-refractivity contribution in [3.8, 4) is 0 Å². The van der Waals surface area contributed by atoms with Crippen molar-refractivity contribution < 1.29 is 23.9 Å². The first-order chi connectivity index (χ1) is 15.2. The molecule has 1 aromatic carbocycles. The van der Waals surface area contributed by atoms with Crippen LogP contribution in [0.4, 0.5) is 5.69 Å². The lowest BCUT2D eigenvalue weighted by Crippen LogP contribution is -2.51. The van der Waals surface area contributed by atoms with Gasteiger partial charge in [0.2, 0.25) is 11.8 Å². The maximum Gasteiger partial charge on any atom is 0.355 e. The molecule has 0 spiro atoms. The minimum absolute atomic E-state index is 0.0900. The Bertz CT molecular complexity index is 916. The van der Waals surface area contributed by atoms with E-state index in [1.165, 1.54) is 7.05 Å². The van der Waals surface area contributed by atoms with Gasteiger partial charge in [0.25, 0.3) is 5.91 Å². The van der Waals surface area contributed by atoms with Crippen LogP contribution in [0.15, 0.2) is 23.3 Å². The molecule has 0 saturated carbocycles. The molecule has 3 amide bonds. The molecular weight excluding hydrogens is 414 g/mol. The number of benzene rings is 1. The van der Waals surface area contributed by atoms with Crippen LogP contribution in [0.5, 0.6) is 0 Å². The van der Waals surface area contributed by atoms with E-state index in [9.17, 15) is 19.2 Å². The Labute approximate surface area is 187 Å². The lowest BCUT2D eigenvalue weighted by molar-refractivity contribution is -0.148. The molecule has 32 heavy (non-hydrogen) atoms. The average Bonchev–Trinajstić information content (AvgIpc) is 2.77. The average molecular weight is 444 g/mol. The van der Waals surface area contributed by atoms with Crippen LogP contribution in [0.2, 0.25) is 0 Å². The topological polar surface area (TPSA) is 112 Å². The Morgan fingerprint density at radius 2 is 1.72 bits per heavy atom. The highest BCUT2D eigenvalue weighted by atomic mass is 16.5. The van der Waals surface area contributed by atoms with Gasteiger partial charge in [-0.15, -0.1) is 0 Å². The summed E-state index contributed by atoms with van der Waals surface area (Å²) in [5, 5.41) is 7.97. The molecule has 0 atom stereocenters. The largest absolute Gasteiger partial charge is 0.451 e. The van der Waals surface area contributed by atoms with Crippen molar-refractivity contribution in [1.29, 1.82) is 0 Å². The number of aryl methyl sites for hydroxylation is 2. The summed E-state index contributed by atoms with van der Waals surface area (Å²) in [5.41, 5.74) is 3.01. The van der Waals surface area contributed by atoms with Crippen molar-refractivity contribution in [2.45, 2.75) is 26.7 Å². The Balaban J connectivity index is 1.41. The number of nitrogens with zero attached hydrogens (tertiary/aromatic N) is 4. The smallest absolute Gasteiger partial charge is 0.355 e. The normalized spacial score (nSPS) is 17.1. The van der Waals surface area contributed by atoms with E-state index in [-0.39, 0.29) is 49.4 Å². The fourth-order valence-electron chi connectivity index (χ4n) is 3.67. The molecule has 0 aromatic heterocycles. The summed E-state index contributed by atoms with van der Waals surface area (Å²) >= 11 is 0. The van der Waals surface area contributed by atoms with E-state index < -0.39 is 5.97 Å². The molecule has 1 N–H and O–H groups in total. The van der Waals surface area contributed by atoms with Gasteiger partial charge >= 0.3 is 5.97 Å². The number of piperazine rings is 1. The summed E-state index contributed by atoms with van der Waals surface area (Å²) in [6.07, 6.45) is 0.399. The van der Waals surface area contributed by atoms with Gasteiger partial charge < -0.3 is 15.0 Å². The number of nitrogens with one attached hydrogen (secondary N) is 1. The lowest BCUT2D eigenvalue weighted by atomic mass is 10.1.